The van der Waals surface area contributed by atoms with Crippen LogP contribution in [0.4, 0.5) is 20.3 Å². The summed E-state index contributed by atoms with van der Waals surface area (Å²) in [7, 11) is 0. The number of halogens is 3. The summed E-state index contributed by atoms with van der Waals surface area (Å²) >= 11 is 6.01. The summed E-state index contributed by atoms with van der Waals surface area (Å²) in [6.45, 7) is 3.57. The molecule has 2 aliphatic rings. The van der Waals surface area contributed by atoms with Crippen molar-refractivity contribution in [1.29, 1.82) is 0 Å². The maximum atomic E-state index is 13.9. The van der Waals surface area contributed by atoms with Gasteiger partial charge in [-0.05, 0) is 110 Å². The van der Waals surface area contributed by atoms with Crippen molar-refractivity contribution in [3.63, 3.8) is 0 Å². The second-order valence-corrected chi connectivity index (χ2v) is 16.0. The summed E-state index contributed by atoms with van der Waals surface area (Å²) in [6, 6.07) is 17.9. The molecule has 64 heavy (non-hydrogen) atoms. The van der Waals surface area contributed by atoms with E-state index in [1.165, 1.54) is 18.6 Å². The number of ether oxygens (including phenoxy) is 2. The molecule has 17 heteroatoms. The van der Waals surface area contributed by atoms with E-state index in [0.717, 1.165) is 102 Å². The van der Waals surface area contributed by atoms with Crippen LogP contribution in [0.15, 0.2) is 105 Å². The van der Waals surface area contributed by atoms with Gasteiger partial charge in [-0.2, -0.15) is 4.39 Å². The minimum Gasteiger partial charge on any atom is -0.358 e. The molecule has 0 amide bonds. The fraction of sp³-hybridized carbons (Fsp3) is 0.255. The number of hydrogen-bond donors (Lipinski definition) is 1. The normalized spacial score (nSPS) is 16.5. The second kappa shape index (κ2) is 18.1. The van der Waals surface area contributed by atoms with Crippen LogP contribution in [0, 0.1) is 18.7 Å². The fourth-order valence-electron chi connectivity index (χ4n) is 8.40. The number of imidazole rings is 2. The minimum absolute atomic E-state index is 0.0504. The highest BCUT2D eigenvalue weighted by molar-refractivity contribution is 6.31. The first-order valence-corrected chi connectivity index (χ1v) is 21.5. The number of nitrogens with zero attached hydrogens (tertiary/aromatic N) is 11. The molecule has 2 atom stereocenters. The smallest absolute Gasteiger partial charge is 0.222 e. The van der Waals surface area contributed by atoms with Gasteiger partial charge in [0.15, 0.2) is 11.3 Å². The largest absolute Gasteiger partial charge is 0.358 e. The highest BCUT2D eigenvalue weighted by atomic mass is 35.5. The summed E-state index contributed by atoms with van der Waals surface area (Å²) < 4.78 is 43.4. The van der Waals surface area contributed by atoms with Crippen LogP contribution in [-0.2, 0) is 15.9 Å². The van der Waals surface area contributed by atoms with Crippen molar-refractivity contribution in [3.8, 4) is 22.5 Å². The number of aromatic nitrogens is 11. The van der Waals surface area contributed by atoms with E-state index in [2.05, 4.69) is 53.2 Å². The molecule has 1 N–H and O–H groups in total. The number of nitrogens with one attached hydrogen (secondary N) is 1. The second-order valence-electron chi connectivity index (χ2n) is 15.6. The first-order valence-electron chi connectivity index (χ1n) is 21.1. The molecule has 0 spiro atoms. The number of fused-ring (bicyclic) bond motifs is 3. The van der Waals surface area contributed by atoms with Crippen LogP contribution in [0.2, 0.25) is 5.02 Å². The van der Waals surface area contributed by atoms with Gasteiger partial charge in [0.05, 0.1) is 28.9 Å². The number of pyridine rings is 3. The first-order chi connectivity index (χ1) is 31.4. The Labute approximate surface area is 370 Å². The lowest BCUT2D eigenvalue weighted by atomic mass is 9.94. The van der Waals surface area contributed by atoms with Crippen molar-refractivity contribution < 1.29 is 18.3 Å². The number of hydrogen-bond acceptors (Lipinski definition) is 12. The van der Waals surface area contributed by atoms with E-state index in [-0.39, 0.29) is 17.5 Å². The van der Waals surface area contributed by atoms with Gasteiger partial charge in [-0.15, -0.1) is 0 Å². The quantitative estimate of drug-likeness (QED) is 0.144. The lowest BCUT2D eigenvalue weighted by Crippen LogP contribution is -2.17. The monoisotopic (exact) mass is 878 g/mol. The third-order valence-electron chi connectivity index (χ3n) is 11.6. The molecular formula is C47H41ClF2N12O2. The predicted octanol–water partition coefficient (Wildman–Crippen LogP) is 10.3. The molecule has 2 unspecified atom stereocenters. The lowest BCUT2D eigenvalue weighted by Gasteiger charge is -2.23. The zero-order valence-corrected chi connectivity index (χ0v) is 35.5. The first kappa shape index (κ1) is 41.1. The number of rotatable bonds is 8. The van der Waals surface area contributed by atoms with Gasteiger partial charge in [-0.25, -0.2) is 44.3 Å². The SMILES string of the molecule is Cc1ccc2c(Nc3ccc(F)c(Cl)c3)nccc2c1Cc1ncccc1-c1ncnc2c1ncn2C1CCCCO1.Fc1ncccc1-c1ncnc2c1ncn2C1CCCCO1. The summed E-state index contributed by atoms with van der Waals surface area (Å²) in [5.41, 5.74) is 8.91. The summed E-state index contributed by atoms with van der Waals surface area (Å²) in [6.07, 6.45) is 18.1. The molecule has 9 aromatic rings. The molecule has 2 saturated heterocycles. The molecule has 11 rings (SSSR count). The Kier molecular flexibility index (Phi) is 11.6. The van der Waals surface area contributed by atoms with Crippen molar-refractivity contribution in [2.75, 3.05) is 18.5 Å². The van der Waals surface area contributed by atoms with Gasteiger partial charge >= 0.3 is 0 Å². The van der Waals surface area contributed by atoms with E-state index in [1.54, 1.807) is 55.6 Å². The van der Waals surface area contributed by atoms with Crippen LogP contribution in [0.1, 0.15) is 67.8 Å². The molecule has 14 nitrogen and oxygen atoms in total. The average Bonchev–Trinajstić information content (AvgIpc) is 3.98. The Balaban J connectivity index is 0.000000184. The fourth-order valence-corrected chi connectivity index (χ4v) is 8.58. The molecule has 2 fully saturated rings. The highest BCUT2D eigenvalue weighted by Gasteiger charge is 2.24. The molecule has 322 valence electrons. The Morgan fingerprint density at radius 1 is 0.672 bits per heavy atom. The van der Waals surface area contributed by atoms with Gasteiger partial charge in [-0.3, -0.25) is 14.1 Å². The van der Waals surface area contributed by atoms with E-state index in [4.69, 9.17) is 31.0 Å². The average molecular weight is 879 g/mol. The Morgan fingerprint density at radius 2 is 1.33 bits per heavy atom. The van der Waals surface area contributed by atoms with E-state index in [1.807, 2.05) is 33.4 Å². The maximum absolute atomic E-state index is 13.9. The van der Waals surface area contributed by atoms with Gasteiger partial charge in [0.2, 0.25) is 5.95 Å². The van der Waals surface area contributed by atoms with Crippen molar-refractivity contribution in [1.82, 2.24) is 54.0 Å². The van der Waals surface area contributed by atoms with Crippen molar-refractivity contribution >= 4 is 56.2 Å². The topological polar surface area (TPSA) is 156 Å². The minimum atomic E-state index is -0.564. The Morgan fingerprint density at radius 3 is 1.97 bits per heavy atom. The molecule has 0 bridgehead atoms. The predicted molar refractivity (Wildman–Crippen MR) is 239 cm³/mol. The van der Waals surface area contributed by atoms with Crippen LogP contribution < -0.4 is 5.32 Å². The lowest BCUT2D eigenvalue weighted by molar-refractivity contribution is -0.0299. The van der Waals surface area contributed by atoms with E-state index < -0.39 is 11.8 Å². The third-order valence-corrected chi connectivity index (χ3v) is 11.9. The molecular weight excluding hydrogens is 838 g/mol. The molecule has 0 saturated carbocycles. The summed E-state index contributed by atoms with van der Waals surface area (Å²) in [4.78, 5) is 39.9. The number of aryl methyl sites for hydroxylation is 1. The van der Waals surface area contributed by atoms with Crippen LogP contribution in [0.5, 0.6) is 0 Å². The number of anilines is 2. The molecule has 0 aliphatic carbocycles. The van der Waals surface area contributed by atoms with Crippen LogP contribution >= 0.6 is 11.6 Å². The van der Waals surface area contributed by atoms with E-state index in [9.17, 15) is 8.78 Å². The van der Waals surface area contributed by atoms with Crippen molar-refractivity contribution in [3.05, 3.63) is 138 Å². The van der Waals surface area contributed by atoms with Gasteiger partial charge in [0.25, 0.3) is 0 Å². The standard InChI is InChI=1S/C32H27ClFN7O.C15H14FN5O/c1-19-7-9-22-21(11-13-36-31(22)40-20-8-10-26(34)25(33)15-20)24(19)16-27-23(5-4-12-35-27)29-30-32(38-17-37-29)41(18-39-30)28-6-2-3-14-42-28;16-14-10(4-3-6-17-14)12-13-15(19-8-18-12)21(9-20-13)11-5-1-2-7-22-11/h4-5,7-13,15,17-18,28H,2-3,6,14,16H2,1H3,(H,36,40);3-4,6,8-9,11H,1-2,5,7H2. The number of benzene rings is 2. The maximum Gasteiger partial charge on any atom is 0.222 e. The third kappa shape index (κ3) is 8.11. The summed E-state index contributed by atoms with van der Waals surface area (Å²) in [5, 5.41) is 5.33. The highest BCUT2D eigenvalue weighted by Crippen LogP contribution is 2.35. The summed E-state index contributed by atoms with van der Waals surface area (Å²) in [5.74, 6) is -0.371. The Bertz CT molecular complexity index is 3130. The van der Waals surface area contributed by atoms with Gasteiger partial charge in [-0.1, -0.05) is 23.7 Å². The molecule has 7 aromatic heterocycles. The van der Waals surface area contributed by atoms with E-state index in [0.29, 0.717) is 40.3 Å². The van der Waals surface area contributed by atoms with Gasteiger partial charge < -0.3 is 14.8 Å². The van der Waals surface area contributed by atoms with Crippen molar-refractivity contribution in [2.24, 2.45) is 0 Å². The van der Waals surface area contributed by atoms with Gasteiger partial charge in [0, 0.05) is 54.9 Å². The molecule has 9 heterocycles. The zero-order chi connectivity index (χ0) is 43.6. The molecule has 0 radical (unpaired) electrons. The van der Waals surface area contributed by atoms with Crippen LogP contribution in [0.25, 0.3) is 55.6 Å². The zero-order valence-electron chi connectivity index (χ0n) is 34.7. The molecule has 2 aliphatic heterocycles. The van der Waals surface area contributed by atoms with Gasteiger partial charge in [0.1, 0.15) is 59.2 Å². The van der Waals surface area contributed by atoms with Crippen LogP contribution in [0.3, 0.4) is 0 Å². The Hall–Kier alpha value is -6.88. The van der Waals surface area contributed by atoms with E-state index >= 15 is 0 Å². The van der Waals surface area contributed by atoms with Crippen LogP contribution in [-0.4, -0.2) is 67.2 Å². The van der Waals surface area contributed by atoms with Crippen molar-refractivity contribution in [2.45, 2.75) is 64.3 Å². The molecule has 2 aromatic carbocycles.